The van der Waals surface area contributed by atoms with Gasteiger partial charge in [-0.05, 0) is 67.0 Å². The maximum atomic E-state index is 13.8. The van der Waals surface area contributed by atoms with Gasteiger partial charge in [0.05, 0.1) is 31.8 Å². The Morgan fingerprint density at radius 2 is 1.71 bits per heavy atom. The molecule has 2 aromatic rings. The number of aryl methyl sites for hydroxylation is 1. The van der Waals surface area contributed by atoms with Crippen LogP contribution in [0, 0.1) is 16.6 Å². The molecule has 9 heteroatoms. The Bertz CT molecular complexity index is 1190. The Kier molecular flexibility index (Phi) is 9.23. The topological polar surface area (TPSA) is 96.8 Å². The van der Waals surface area contributed by atoms with Gasteiger partial charge in [-0.15, -0.1) is 0 Å². The van der Waals surface area contributed by atoms with Gasteiger partial charge in [0.2, 0.25) is 0 Å². The normalized spacial score (nSPS) is 16.7. The maximum Gasteiger partial charge on any atom is 0.264 e. The van der Waals surface area contributed by atoms with Crippen LogP contribution in [-0.2, 0) is 30.9 Å². The van der Waals surface area contributed by atoms with Crippen molar-refractivity contribution in [2.75, 3.05) is 36.4 Å². The fourth-order valence-electron chi connectivity index (χ4n) is 4.00. The van der Waals surface area contributed by atoms with E-state index in [4.69, 9.17) is 14.3 Å². The van der Waals surface area contributed by atoms with Crippen molar-refractivity contribution in [3.8, 4) is 5.75 Å². The molecule has 1 fully saturated rings. The largest absolute Gasteiger partial charge is 0.492 e. The van der Waals surface area contributed by atoms with Gasteiger partial charge in [-0.2, -0.15) is 0 Å². The molecule has 0 bridgehead atoms. The molecular weight excluding hydrogens is 484 g/mol. The van der Waals surface area contributed by atoms with Crippen molar-refractivity contribution in [3.63, 3.8) is 0 Å². The minimum atomic E-state index is -3.96. The van der Waals surface area contributed by atoms with Crippen LogP contribution in [0.2, 0.25) is 0 Å². The first-order chi connectivity index (χ1) is 16.6. The van der Waals surface area contributed by atoms with E-state index in [-0.39, 0.29) is 21.5 Å². The molecule has 1 unspecified atom stereocenters. The van der Waals surface area contributed by atoms with Gasteiger partial charge in [-0.1, -0.05) is 39.8 Å². The zero-order valence-corrected chi connectivity index (χ0v) is 22.8. The molecular formula is C26H38N2O5S2. The molecule has 1 aliphatic rings. The summed E-state index contributed by atoms with van der Waals surface area (Å²) in [5.74, 6) is 0.794. The fraction of sp³-hybridized carbons (Fsp3) is 0.538. The number of nitrogens with one attached hydrogen (secondary N) is 1. The zero-order valence-electron chi connectivity index (χ0n) is 21.2. The van der Waals surface area contributed by atoms with E-state index in [2.05, 4.69) is 6.92 Å². The standard InChI is InChI=1S/C26H38N2O5S2/c1-5-21-7-9-23(10-8-21)28(18-20(3)4)35(30,31)24-11-12-25(26(17-24)34(27,29)6-2)33-19-22-13-15-32-16-14-22/h7-12,17,20,22,27H,5-6,13-16,18-19H2,1-4H3. The Morgan fingerprint density at radius 1 is 1.06 bits per heavy atom. The molecule has 0 radical (unpaired) electrons. The Hall–Kier alpha value is -2.10. The Morgan fingerprint density at radius 3 is 2.29 bits per heavy atom. The molecule has 0 saturated carbocycles. The summed E-state index contributed by atoms with van der Waals surface area (Å²) < 4.78 is 62.0. The Labute approximate surface area is 210 Å². The van der Waals surface area contributed by atoms with Crippen LogP contribution < -0.4 is 9.04 Å². The molecule has 0 aromatic heterocycles. The van der Waals surface area contributed by atoms with Gasteiger partial charge >= 0.3 is 0 Å². The molecule has 1 N–H and O–H groups in total. The van der Waals surface area contributed by atoms with Gasteiger partial charge < -0.3 is 9.47 Å². The smallest absolute Gasteiger partial charge is 0.264 e. The molecule has 3 rings (SSSR count). The maximum absolute atomic E-state index is 13.8. The van der Waals surface area contributed by atoms with E-state index in [0.29, 0.717) is 43.7 Å². The summed E-state index contributed by atoms with van der Waals surface area (Å²) in [4.78, 5) is 0.151. The number of rotatable bonds is 11. The van der Waals surface area contributed by atoms with E-state index in [1.54, 1.807) is 13.0 Å². The molecule has 0 spiro atoms. The van der Waals surface area contributed by atoms with Crippen LogP contribution in [0.4, 0.5) is 5.69 Å². The fourth-order valence-corrected chi connectivity index (χ4v) is 6.81. The van der Waals surface area contributed by atoms with E-state index >= 15 is 0 Å². The van der Waals surface area contributed by atoms with Crippen molar-refractivity contribution in [1.29, 1.82) is 4.78 Å². The van der Waals surface area contributed by atoms with Crippen LogP contribution >= 0.6 is 0 Å². The molecule has 7 nitrogen and oxygen atoms in total. The third-order valence-corrected chi connectivity index (χ3v) is 9.88. The minimum absolute atomic E-state index is 0.0135. The van der Waals surface area contributed by atoms with Crippen molar-refractivity contribution in [3.05, 3.63) is 48.0 Å². The van der Waals surface area contributed by atoms with Crippen molar-refractivity contribution in [1.82, 2.24) is 0 Å². The zero-order chi connectivity index (χ0) is 25.6. The van der Waals surface area contributed by atoms with Crippen LogP contribution in [0.1, 0.15) is 46.1 Å². The van der Waals surface area contributed by atoms with Crippen molar-refractivity contribution in [2.24, 2.45) is 11.8 Å². The molecule has 1 heterocycles. The predicted octanol–water partition coefficient (Wildman–Crippen LogP) is 5.33. The number of benzene rings is 2. The lowest BCUT2D eigenvalue weighted by Crippen LogP contribution is -2.34. The number of hydrogen-bond donors (Lipinski definition) is 1. The summed E-state index contributed by atoms with van der Waals surface area (Å²) in [6, 6.07) is 11.9. The van der Waals surface area contributed by atoms with Crippen LogP contribution in [0.15, 0.2) is 52.3 Å². The molecule has 1 saturated heterocycles. The van der Waals surface area contributed by atoms with Gasteiger partial charge in [0, 0.05) is 25.5 Å². The number of hydrogen-bond acceptors (Lipinski definition) is 6. The predicted molar refractivity (Wildman–Crippen MR) is 140 cm³/mol. The summed E-state index contributed by atoms with van der Waals surface area (Å²) in [7, 11) is -7.18. The molecule has 194 valence electrons. The highest BCUT2D eigenvalue weighted by Gasteiger charge is 2.28. The third-order valence-electron chi connectivity index (χ3n) is 6.24. The summed E-state index contributed by atoms with van der Waals surface area (Å²) in [5.41, 5.74) is 1.71. The second-order valence-electron chi connectivity index (χ2n) is 9.39. The molecule has 2 aromatic carbocycles. The molecule has 1 aliphatic heterocycles. The van der Waals surface area contributed by atoms with Crippen LogP contribution in [0.3, 0.4) is 0 Å². The van der Waals surface area contributed by atoms with E-state index in [0.717, 1.165) is 24.8 Å². The monoisotopic (exact) mass is 522 g/mol. The summed E-state index contributed by atoms with van der Waals surface area (Å²) in [6.07, 6.45) is 2.63. The number of nitrogens with zero attached hydrogens (tertiary/aromatic N) is 1. The summed E-state index contributed by atoms with van der Waals surface area (Å²) >= 11 is 0. The highest BCUT2D eigenvalue weighted by atomic mass is 32.2. The molecule has 0 aliphatic carbocycles. The average Bonchev–Trinajstić information content (AvgIpc) is 2.86. The first-order valence-electron chi connectivity index (χ1n) is 12.3. The number of ether oxygens (including phenoxy) is 2. The highest BCUT2D eigenvalue weighted by Crippen LogP contribution is 2.32. The van der Waals surface area contributed by atoms with Crippen LogP contribution in [-0.4, -0.2) is 44.7 Å². The first kappa shape index (κ1) is 27.5. The molecule has 35 heavy (non-hydrogen) atoms. The lowest BCUT2D eigenvalue weighted by Gasteiger charge is -2.27. The minimum Gasteiger partial charge on any atom is -0.492 e. The average molecular weight is 523 g/mol. The summed E-state index contributed by atoms with van der Waals surface area (Å²) in [5, 5.41) is 0. The lowest BCUT2D eigenvalue weighted by atomic mass is 10.0. The number of anilines is 1. The highest BCUT2D eigenvalue weighted by molar-refractivity contribution is 7.93. The SMILES string of the molecule is CCc1ccc(N(CC(C)C)S(=O)(=O)c2ccc(OCC3CCOCC3)c(S(=N)(=O)CC)c2)cc1. The Balaban J connectivity index is 2.00. The quantitative estimate of drug-likeness (QED) is 0.430. The lowest BCUT2D eigenvalue weighted by molar-refractivity contribution is 0.0493. The van der Waals surface area contributed by atoms with Gasteiger partial charge in [-0.25, -0.2) is 17.4 Å². The van der Waals surface area contributed by atoms with Crippen molar-refractivity contribution >= 4 is 25.4 Å². The van der Waals surface area contributed by atoms with E-state index < -0.39 is 19.8 Å². The third kappa shape index (κ3) is 6.77. The van der Waals surface area contributed by atoms with Crippen molar-refractivity contribution < 1.29 is 22.1 Å². The van der Waals surface area contributed by atoms with E-state index in [1.165, 1.54) is 16.4 Å². The van der Waals surface area contributed by atoms with Crippen LogP contribution in [0.5, 0.6) is 5.75 Å². The molecule has 0 amide bonds. The molecule has 1 atom stereocenters. The van der Waals surface area contributed by atoms with Gasteiger partial charge in [-0.3, -0.25) is 4.31 Å². The van der Waals surface area contributed by atoms with E-state index in [9.17, 15) is 12.6 Å². The first-order valence-corrected chi connectivity index (χ1v) is 15.5. The van der Waals surface area contributed by atoms with E-state index in [1.807, 2.05) is 38.1 Å². The number of sulfonamides is 1. The second-order valence-corrected chi connectivity index (χ2v) is 13.6. The summed E-state index contributed by atoms with van der Waals surface area (Å²) in [6.45, 7) is 9.75. The van der Waals surface area contributed by atoms with Gasteiger partial charge in [0.1, 0.15) is 5.75 Å². The second kappa shape index (κ2) is 11.8. The van der Waals surface area contributed by atoms with Crippen molar-refractivity contribution in [2.45, 2.75) is 56.7 Å². The van der Waals surface area contributed by atoms with Crippen LogP contribution in [0.25, 0.3) is 0 Å². The van der Waals surface area contributed by atoms with Gasteiger partial charge in [0.15, 0.2) is 0 Å². The van der Waals surface area contributed by atoms with Gasteiger partial charge in [0.25, 0.3) is 10.0 Å².